The van der Waals surface area contributed by atoms with Crippen molar-refractivity contribution in [1.29, 1.82) is 0 Å². The van der Waals surface area contributed by atoms with Gasteiger partial charge in [-0.05, 0) is 81.9 Å². The lowest BCUT2D eigenvalue weighted by molar-refractivity contribution is -0.158. The summed E-state index contributed by atoms with van der Waals surface area (Å²) in [5, 5.41) is 15.2. The van der Waals surface area contributed by atoms with Crippen LogP contribution in [0.1, 0.15) is 100 Å². The third-order valence-electron chi connectivity index (χ3n) is 11.1. The van der Waals surface area contributed by atoms with Gasteiger partial charge in [-0.2, -0.15) is 25.3 Å². The maximum Gasteiger partial charge on any atom is 0.329 e. The fourth-order valence-electron chi connectivity index (χ4n) is 7.37. The Morgan fingerprint density at radius 2 is 1.35 bits per heavy atom. The molecule has 4 amide bonds. The molecule has 22 heteroatoms. The number of allylic oxidation sites excluding steroid dienone is 2. The molecule has 2 aromatic heterocycles. The number of nitrogens with one attached hydrogen (secondary N) is 3. The van der Waals surface area contributed by atoms with Crippen molar-refractivity contribution in [3.05, 3.63) is 56.5 Å². The van der Waals surface area contributed by atoms with Crippen molar-refractivity contribution in [3.63, 3.8) is 0 Å². The average molecular weight is 1020 g/mol. The highest BCUT2D eigenvalue weighted by molar-refractivity contribution is 8.15. The first-order valence-corrected chi connectivity index (χ1v) is 27.1. The minimum Gasteiger partial charge on any atom is -0.456 e. The highest BCUT2D eigenvalue weighted by Crippen LogP contribution is 2.36. The van der Waals surface area contributed by atoms with Crippen LogP contribution in [-0.2, 0) is 51.3 Å². The van der Waals surface area contributed by atoms with E-state index in [4.69, 9.17) is 14.5 Å². The van der Waals surface area contributed by atoms with E-state index >= 15 is 0 Å². The summed E-state index contributed by atoms with van der Waals surface area (Å²) in [5.41, 5.74) is -0.527. The van der Waals surface area contributed by atoms with Crippen LogP contribution in [0.25, 0.3) is 0 Å². The van der Waals surface area contributed by atoms with Gasteiger partial charge in [0.25, 0.3) is 5.91 Å². The van der Waals surface area contributed by atoms with Crippen molar-refractivity contribution in [2.45, 2.75) is 128 Å². The second-order valence-corrected chi connectivity index (χ2v) is 21.8. The predicted octanol–water partition coefficient (Wildman–Crippen LogP) is 5.32. The molecule has 8 bridgehead atoms. The van der Waals surface area contributed by atoms with Crippen LogP contribution in [0.4, 0.5) is 0 Å². The molecule has 0 radical (unpaired) electrons. The number of unbranched alkanes of at least 4 members (excludes halogenated alkanes) is 2. The molecule has 2 aromatic rings. The van der Waals surface area contributed by atoms with E-state index in [0.717, 1.165) is 52.2 Å². The van der Waals surface area contributed by atoms with Gasteiger partial charge < -0.3 is 30.3 Å². The molecule has 5 aliphatic heterocycles. The lowest BCUT2D eigenvalue weighted by atomic mass is 10.0. The first-order chi connectivity index (χ1) is 31.6. The van der Waals surface area contributed by atoms with E-state index in [1.54, 1.807) is 24.0 Å². The van der Waals surface area contributed by atoms with Crippen LogP contribution < -0.4 is 16.0 Å². The van der Waals surface area contributed by atoms with Gasteiger partial charge in [-0.1, -0.05) is 26.0 Å². The van der Waals surface area contributed by atoms with Gasteiger partial charge in [-0.25, -0.2) is 19.6 Å². The Morgan fingerprint density at radius 1 is 0.788 bits per heavy atom. The fourth-order valence-corrected chi connectivity index (χ4v) is 11.6. The minimum atomic E-state index is -1.01. The number of amides is 4. The fraction of sp³-hybridized carbons (Fsp3) is 0.591. The molecule has 0 aliphatic carbocycles. The molecule has 1 fully saturated rings. The Morgan fingerprint density at radius 3 is 1.92 bits per heavy atom. The smallest absolute Gasteiger partial charge is 0.329 e. The number of carbonyl (C=O) groups excluding carboxylic acids is 6. The number of thioether (sulfide) groups is 2. The van der Waals surface area contributed by atoms with Gasteiger partial charge in [-0.3, -0.25) is 29.2 Å². The second kappa shape index (κ2) is 24.0. The van der Waals surface area contributed by atoms with Crippen LogP contribution >= 0.6 is 71.5 Å². The predicted molar refractivity (Wildman–Crippen MR) is 268 cm³/mol. The van der Waals surface area contributed by atoms with Crippen LogP contribution in [0.2, 0.25) is 0 Å². The van der Waals surface area contributed by atoms with Crippen molar-refractivity contribution in [1.82, 2.24) is 30.8 Å². The number of ether oxygens (including phenoxy) is 2. The topological polar surface area (TPSA) is 211 Å². The summed E-state index contributed by atoms with van der Waals surface area (Å²) in [6.07, 6.45) is 10.5. The molecule has 3 N–H and O–H groups in total. The monoisotopic (exact) mass is 1020 g/mol. The SMILES string of the molecule is CC(C)[C@@H]1NC(=O)[C@]2(C)CSC(=N2)c2csc(n2)CNC(=O)CC(/C=C/CCCCS)OC1=O.C[C@@]12CSC(=N1)c1csc(n1)CNC(=O)CC(/C=C/CCS)OC(=O)[C@@H]1CCCN1C2=O. The number of nitrogens with zero attached hydrogens (tertiary/aromatic N) is 5. The van der Waals surface area contributed by atoms with E-state index in [0.29, 0.717) is 47.4 Å². The zero-order valence-electron chi connectivity index (χ0n) is 37.5. The van der Waals surface area contributed by atoms with Crippen LogP contribution in [-0.4, -0.2) is 125 Å². The summed E-state index contributed by atoms with van der Waals surface area (Å²) in [6, 6.07) is -1.51. The standard InChI is InChI=1S/C23H32N4O4S3.C21H26N4O4S3/c1-14(2)19-21(29)31-15(8-6-4-5-7-9-32)10-17(28)24-11-18-25-16(12-33-18)20-27-23(3,13-34-20)22(30)26-19;1-21-12-32-18(24-21)14-11-31-17(23-14)10-22-16(26)9-13(5-2-3-8-30)29-19(27)15-6-4-7-25(15)20(21)28/h6,8,12,14-15,19,32H,4-5,7,9-11,13H2,1-3H3,(H,24,28)(H,26,30);2,5,11,13,15,30H,3-4,6-10,12H2,1H3,(H,22,26)/b8-6+;5-2+/t15?,19-,23-;13?,15-,21-/m00/s1. The van der Waals surface area contributed by atoms with Crippen molar-refractivity contribution >= 4 is 117 Å². The Labute approximate surface area is 413 Å². The summed E-state index contributed by atoms with van der Waals surface area (Å²) >= 11 is 14.2. The van der Waals surface area contributed by atoms with Crippen molar-refractivity contribution < 1.29 is 38.2 Å². The molecule has 7 heterocycles. The largest absolute Gasteiger partial charge is 0.456 e. The molecule has 1 saturated heterocycles. The van der Waals surface area contributed by atoms with E-state index in [1.165, 1.54) is 46.2 Å². The molecule has 2 unspecified atom stereocenters. The summed E-state index contributed by atoms with van der Waals surface area (Å²) < 4.78 is 11.4. The lowest BCUT2D eigenvalue weighted by Gasteiger charge is -2.30. The van der Waals surface area contributed by atoms with E-state index in [1.807, 2.05) is 43.7 Å². The van der Waals surface area contributed by atoms with E-state index in [-0.39, 0.29) is 55.5 Å². The van der Waals surface area contributed by atoms with Gasteiger partial charge >= 0.3 is 11.9 Å². The normalized spacial score (nSPS) is 27.7. The number of thiazole rings is 2. The molecule has 0 aromatic carbocycles. The first-order valence-electron chi connectivity index (χ1n) is 22.1. The highest BCUT2D eigenvalue weighted by Gasteiger charge is 2.47. The Hall–Kier alpha value is -3.70. The third kappa shape index (κ3) is 13.7. The van der Waals surface area contributed by atoms with Gasteiger partial charge in [-0.15, -0.1) is 46.2 Å². The van der Waals surface area contributed by atoms with Crippen molar-refractivity contribution in [2.24, 2.45) is 15.9 Å². The molecule has 16 nitrogen and oxygen atoms in total. The third-order valence-corrected chi connectivity index (χ3v) is 16.0. The molecule has 66 heavy (non-hydrogen) atoms. The molecule has 6 atom stereocenters. The Kier molecular flexibility index (Phi) is 18.8. The molecule has 0 spiro atoms. The number of fused-ring (bicyclic) bond motifs is 9. The van der Waals surface area contributed by atoms with Crippen LogP contribution in [0, 0.1) is 5.92 Å². The van der Waals surface area contributed by atoms with E-state index < -0.39 is 47.3 Å². The summed E-state index contributed by atoms with van der Waals surface area (Å²) in [4.78, 5) is 98.0. The quantitative estimate of drug-likeness (QED) is 0.0936. The van der Waals surface area contributed by atoms with Gasteiger partial charge in [0.2, 0.25) is 17.7 Å². The number of esters is 2. The van der Waals surface area contributed by atoms with E-state index in [2.05, 4.69) is 56.2 Å². The zero-order valence-corrected chi connectivity index (χ0v) is 42.5. The number of carbonyl (C=O) groups is 6. The molecule has 7 rings (SSSR count). The van der Waals surface area contributed by atoms with Gasteiger partial charge in [0, 0.05) is 28.8 Å². The minimum absolute atomic E-state index is 0.00786. The maximum absolute atomic E-state index is 13.4. The second-order valence-electron chi connectivity index (χ2n) is 17.1. The molecular weight excluding hydrogens is 961 g/mol. The number of thiol groups is 2. The molecule has 358 valence electrons. The maximum atomic E-state index is 13.4. The van der Waals surface area contributed by atoms with Crippen LogP contribution in [0.15, 0.2) is 45.0 Å². The average Bonchev–Trinajstić information content (AvgIpc) is 4.14. The first kappa shape index (κ1) is 51.7. The van der Waals surface area contributed by atoms with Crippen LogP contribution in [0.3, 0.4) is 0 Å². The summed E-state index contributed by atoms with van der Waals surface area (Å²) in [6.45, 7) is 8.32. The van der Waals surface area contributed by atoms with Gasteiger partial charge in [0.05, 0.1) is 25.9 Å². The number of hydrogen-bond donors (Lipinski definition) is 5. The zero-order chi connectivity index (χ0) is 47.4. The molecular formula is C44H58N8O8S6. The molecule has 5 aliphatic rings. The number of aliphatic imine (C=N–C) groups is 2. The Balaban J connectivity index is 0.000000219. The number of rotatable bonds is 9. The number of aromatic nitrogens is 2. The summed E-state index contributed by atoms with van der Waals surface area (Å²) in [7, 11) is 0. The van der Waals surface area contributed by atoms with E-state index in [9.17, 15) is 28.8 Å². The lowest BCUT2D eigenvalue weighted by Crippen LogP contribution is -2.53. The summed E-state index contributed by atoms with van der Waals surface area (Å²) in [5.74, 6) is 0.206. The number of hydrogen-bond acceptors (Lipinski definition) is 18. The number of cyclic esters (lactones) is 2. The van der Waals surface area contributed by atoms with Crippen molar-refractivity contribution in [2.75, 3.05) is 29.6 Å². The highest BCUT2D eigenvalue weighted by atomic mass is 32.2. The molecule has 0 saturated carbocycles. The van der Waals surface area contributed by atoms with Gasteiger partial charge in [0.15, 0.2) is 0 Å². The Bertz CT molecular complexity index is 2230. The van der Waals surface area contributed by atoms with Crippen LogP contribution in [0.5, 0.6) is 0 Å². The van der Waals surface area contributed by atoms with Crippen molar-refractivity contribution in [3.8, 4) is 0 Å². The van der Waals surface area contributed by atoms with Gasteiger partial charge in [0.1, 0.15) is 66.9 Å².